The predicted octanol–water partition coefficient (Wildman–Crippen LogP) is 3.75. The standard InChI is InChI=1S/C13H16ClN3S/c1-13(2,3)15-8-11-16-17-12(18-11)9-5-4-6-10(14)7-9/h4-7,15H,8H2,1-3H3. The maximum atomic E-state index is 5.97. The molecule has 0 bridgehead atoms. The largest absolute Gasteiger partial charge is 0.306 e. The van der Waals surface area contributed by atoms with Crippen LogP contribution >= 0.6 is 22.9 Å². The molecule has 0 unspecified atom stereocenters. The van der Waals surface area contributed by atoms with Gasteiger partial charge in [0.15, 0.2) is 0 Å². The minimum Gasteiger partial charge on any atom is -0.306 e. The van der Waals surface area contributed by atoms with Gasteiger partial charge in [-0.2, -0.15) is 0 Å². The Labute approximate surface area is 116 Å². The highest BCUT2D eigenvalue weighted by Crippen LogP contribution is 2.25. The van der Waals surface area contributed by atoms with E-state index in [4.69, 9.17) is 11.6 Å². The van der Waals surface area contributed by atoms with Gasteiger partial charge in [-0.3, -0.25) is 0 Å². The lowest BCUT2D eigenvalue weighted by molar-refractivity contribution is 0.423. The van der Waals surface area contributed by atoms with Crippen molar-refractivity contribution in [1.29, 1.82) is 0 Å². The van der Waals surface area contributed by atoms with Gasteiger partial charge in [0, 0.05) is 16.1 Å². The van der Waals surface area contributed by atoms with Crippen LogP contribution in [-0.4, -0.2) is 15.7 Å². The fraction of sp³-hybridized carbons (Fsp3) is 0.385. The van der Waals surface area contributed by atoms with Crippen molar-refractivity contribution in [3.8, 4) is 10.6 Å². The average molecular weight is 282 g/mol. The van der Waals surface area contributed by atoms with Gasteiger partial charge in [-0.05, 0) is 32.9 Å². The van der Waals surface area contributed by atoms with Gasteiger partial charge in [0.2, 0.25) is 0 Å². The first-order chi connectivity index (χ1) is 8.44. The number of aromatic nitrogens is 2. The Balaban J connectivity index is 2.11. The summed E-state index contributed by atoms with van der Waals surface area (Å²) in [4.78, 5) is 0. The molecule has 1 heterocycles. The molecule has 96 valence electrons. The molecule has 0 aliphatic rings. The van der Waals surface area contributed by atoms with Crippen molar-refractivity contribution < 1.29 is 0 Å². The predicted molar refractivity (Wildman–Crippen MR) is 76.9 cm³/mol. The highest BCUT2D eigenvalue weighted by molar-refractivity contribution is 7.14. The zero-order chi connectivity index (χ0) is 13.2. The van der Waals surface area contributed by atoms with Gasteiger partial charge >= 0.3 is 0 Å². The lowest BCUT2D eigenvalue weighted by Crippen LogP contribution is -2.35. The van der Waals surface area contributed by atoms with Gasteiger partial charge in [0.25, 0.3) is 0 Å². The highest BCUT2D eigenvalue weighted by Gasteiger charge is 2.11. The fourth-order valence-corrected chi connectivity index (χ4v) is 2.37. The van der Waals surface area contributed by atoms with Crippen LogP contribution in [0, 0.1) is 0 Å². The van der Waals surface area contributed by atoms with Gasteiger partial charge in [-0.1, -0.05) is 35.1 Å². The van der Waals surface area contributed by atoms with Crippen molar-refractivity contribution in [3.05, 3.63) is 34.3 Å². The van der Waals surface area contributed by atoms with Crippen molar-refractivity contribution >= 4 is 22.9 Å². The molecule has 0 saturated carbocycles. The topological polar surface area (TPSA) is 37.8 Å². The summed E-state index contributed by atoms with van der Waals surface area (Å²) >= 11 is 7.56. The van der Waals surface area contributed by atoms with E-state index in [0.717, 1.165) is 27.1 Å². The summed E-state index contributed by atoms with van der Waals surface area (Å²) in [5, 5.41) is 14.4. The molecule has 1 aromatic heterocycles. The number of hydrogen-bond acceptors (Lipinski definition) is 4. The van der Waals surface area contributed by atoms with E-state index in [-0.39, 0.29) is 5.54 Å². The van der Waals surface area contributed by atoms with Crippen LogP contribution in [0.1, 0.15) is 25.8 Å². The Morgan fingerprint density at radius 2 is 2.06 bits per heavy atom. The molecule has 0 atom stereocenters. The molecule has 2 rings (SSSR count). The van der Waals surface area contributed by atoms with Crippen molar-refractivity contribution in [2.75, 3.05) is 0 Å². The number of nitrogens with one attached hydrogen (secondary N) is 1. The monoisotopic (exact) mass is 281 g/mol. The lowest BCUT2D eigenvalue weighted by atomic mass is 10.1. The smallest absolute Gasteiger partial charge is 0.147 e. The summed E-state index contributed by atoms with van der Waals surface area (Å²) in [5.41, 5.74) is 1.10. The second-order valence-corrected chi connectivity index (χ2v) is 6.61. The molecule has 0 amide bonds. The van der Waals surface area contributed by atoms with Crippen LogP contribution in [0.5, 0.6) is 0 Å². The first kappa shape index (κ1) is 13.5. The third kappa shape index (κ3) is 3.77. The molecule has 0 spiro atoms. The summed E-state index contributed by atoms with van der Waals surface area (Å²) in [7, 11) is 0. The van der Waals surface area contributed by atoms with Gasteiger partial charge in [0.1, 0.15) is 10.0 Å². The van der Waals surface area contributed by atoms with E-state index < -0.39 is 0 Å². The minimum absolute atomic E-state index is 0.0852. The molecule has 0 fully saturated rings. The van der Waals surface area contributed by atoms with E-state index in [1.54, 1.807) is 11.3 Å². The van der Waals surface area contributed by atoms with Crippen LogP contribution in [0.2, 0.25) is 5.02 Å². The molecule has 1 N–H and O–H groups in total. The van der Waals surface area contributed by atoms with Crippen molar-refractivity contribution in [2.45, 2.75) is 32.9 Å². The maximum absolute atomic E-state index is 5.97. The molecular weight excluding hydrogens is 266 g/mol. The number of benzene rings is 1. The summed E-state index contributed by atoms with van der Waals surface area (Å²) < 4.78 is 0. The molecule has 2 aromatic rings. The molecule has 5 heteroatoms. The normalized spacial score (nSPS) is 11.8. The summed E-state index contributed by atoms with van der Waals surface area (Å²) in [6.45, 7) is 7.13. The van der Waals surface area contributed by atoms with Crippen molar-refractivity contribution in [1.82, 2.24) is 15.5 Å². The molecule has 0 saturated heterocycles. The summed E-state index contributed by atoms with van der Waals surface area (Å²) in [6, 6.07) is 7.68. The van der Waals surface area contributed by atoms with E-state index in [1.807, 2.05) is 24.3 Å². The lowest BCUT2D eigenvalue weighted by Gasteiger charge is -2.19. The Morgan fingerprint density at radius 3 is 2.72 bits per heavy atom. The number of rotatable bonds is 3. The second-order valence-electron chi connectivity index (χ2n) is 5.11. The fourth-order valence-electron chi connectivity index (χ4n) is 1.40. The quantitative estimate of drug-likeness (QED) is 0.931. The first-order valence-electron chi connectivity index (χ1n) is 5.77. The third-order valence-corrected chi connectivity index (χ3v) is 3.52. The molecule has 0 aliphatic heterocycles. The Bertz CT molecular complexity index is 531. The van der Waals surface area contributed by atoms with Gasteiger partial charge in [0.05, 0.1) is 6.54 Å². The number of nitrogens with zero attached hydrogens (tertiary/aromatic N) is 2. The SMILES string of the molecule is CC(C)(C)NCc1nnc(-c2cccc(Cl)c2)s1. The van der Waals surface area contributed by atoms with E-state index in [9.17, 15) is 0 Å². The Kier molecular flexibility index (Phi) is 4.00. The highest BCUT2D eigenvalue weighted by atomic mass is 35.5. The minimum atomic E-state index is 0.0852. The molecule has 3 nitrogen and oxygen atoms in total. The van der Waals surface area contributed by atoms with Crippen molar-refractivity contribution in [3.63, 3.8) is 0 Å². The van der Waals surface area contributed by atoms with Crippen LogP contribution < -0.4 is 5.32 Å². The van der Waals surface area contributed by atoms with Crippen LogP contribution in [0.15, 0.2) is 24.3 Å². The van der Waals surface area contributed by atoms with Gasteiger partial charge in [-0.15, -0.1) is 10.2 Å². The van der Waals surface area contributed by atoms with Gasteiger partial charge in [-0.25, -0.2) is 0 Å². The molecule has 18 heavy (non-hydrogen) atoms. The first-order valence-corrected chi connectivity index (χ1v) is 6.97. The Hall–Kier alpha value is -0.970. The van der Waals surface area contributed by atoms with Crippen molar-refractivity contribution in [2.24, 2.45) is 0 Å². The molecule has 1 aromatic carbocycles. The van der Waals surface area contributed by atoms with E-state index in [0.29, 0.717) is 0 Å². The van der Waals surface area contributed by atoms with E-state index >= 15 is 0 Å². The van der Waals surface area contributed by atoms with Gasteiger partial charge < -0.3 is 5.32 Å². The maximum Gasteiger partial charge on any atom is 0.147 e. The third-order valence-electron chi connectivity index (χ3n) is 2.31. The molecule has 0 aliphatic carbocycles. The summed E-state index contributed by atoms with van der Waals surface area (Å²) in [5.74, 6) is 0. The Morgan fingerprint density at radius 1 is 1.28 bits per heavy atom. The zero-order valence-electron chi connectivity index (χ0n) is 10.7. The van der Waals surface area contributed by atoms with Crippen LogP contribution in [-0.2, 0) is 6.54 Å². The van der Waals surface area contributed by atoms with Crippen LogP contribution in [0.25, 0.3) is 10.6 Å². The number of halogens is 1. The van der Waals surface area contributed by atoms with Crippen LogP contribution in [0.3, 0.4) is 0 Å². The van der Waals surface area contributed by atoms with Crippen LogP contribution in [0.4, 0.5) is 0 Å². The molecular formula is C13H16ClN3S. The summed E-state index contributed by atoms with van der Waals surface area (Å²) in [6.07, 6.45) is 0. The zero-order valence-corrected chi connectivity index (χ0v) is 12.3. The molecule has 0 radical (unpaired) electrons. The number of hydrogen-bond donors (Lipinski definition) is 1. The second kappa shape index (κ2) is 5.34. The average Bonchev–Trinajstić information content (AvgIpc) is 2.74. The van der Waals surface area contributed by atoms with E-state index in [1.165, 1.54) is 0 Å². The van der Waals surface area contributed by atoms with E-state index in [2.05, 4.69) is 36.3 Å².